The van der Waals surface area contributed by atoms with Crippen LogP contribution in [0.1, 0.15) is 11.3 Å². The highest BCUT2D eigenvalue weighted by atomic mass is 16.2. The molecular formula is C21H19N5O2. The van der Waals surface area contributed by atoms with Crippen molar-refractivity contribution in [3.05, 3.63) is 88.5 Å². The van der Waals surface area contributed by atoms with Gasteiger partial charge in [0.1, 0.15) is 12.4 Å². The van der Waals surface area contributed by atoms with E-state index in [9.17, 15) is 9.59 Å². The molecule has 28 heavy (non-hydrogen) atoms. The van der Waals surface area contributed by atoms with E-state index in [4.69, 9.17) is 0 Å². The Hall–Kier alpha value is -3.74. The van der Waals surface area contributed by atoms with E-state index in [0.717, 1.165) is 16.8 Å². The summed E-state index contributed by atoms with van der Waals surface area (Å²) in [4.78, 5) is 29.7. The fourth-order valence-corrected chi connectivity index (χ4v) is 3.03. The van der Waals surface area contributed by atoms with E-state index in [1.165, 1.54) is 9.08 Å². The summed E-state index contributed by atoms with van der Waals surface area (Å²) in [6, 6.07) is 20.8. The second-order valence-corrected chi connectivity index (χ2v) is 6.48. The van der Waals surface area contributed by atoms with Crippen molar-refractivity contribution >= 4 is 11.6 Å². The monoisotopic (exact) mass is 373 g/mol. The molecule has 4 aromatic rings. The van der Waals surface area contributed by atoms with Gasteiger partial charge in [0, 0.05) is 23.9 Å². The third-order valence-electron chi connectivity index (χ3n) is 4.35. The van der Waals surface area contributed by atoms with Gasteiger partial charge in [-0.05, 0) is 12.5 Å². The van der Waals surface area contributed by atoms with Gasteiger partial charge < -0.3 is 5.32 Å². The number of nitrogens with one attached hydrogen (secondary N) is 1. The van der Waals surface area contributed by atoms with Gasteiger partial charge in [-0.3, -0.25) is 4.79 Å². The first-order valence-corrected chi connectivity index (χ1v) is 8.95. The van der Waals surface area contributed by atoms with E-state index in [0.29, 0.717) is 18.0 Å². The lowest BCUT2D eigenvalue weighted by Gasteiger charge is -2.05. The summed E-state index contributed by atoms with van der Waals surface area (Å²) < 4.78 is 2.61. The number of nitrogens with zero attached hydrogens (tertiary/aromatic N) is 4. The fraction of sp³-hybridized carbons (Fsp3) is 0.143. The summed E-state index contributed by atoms with van der Waals surface area (Å²) in [7, 11) is 0. The maximum atomic E-state index is 12.9. The number of benzene rings is 2. The number of aryl methyl sites for hydroxylation is 1. The molecule has 0 aliphatic carbocycles. The molecule has 2 heterocycles. The Balaban J connectivity index is 1.63. The lowest BCUT2D eigenvalue weighted by atomic mass is 10.2. The van der Waals surface area contributed by atoms with Crippen molar-refractivity contribution in [2.24, 2.45) is 0 Å². The first-order chi connectivity index (χ1) is 13.6. The van der Waals surface area contributed by atoms with Crippen LogP contribution < -0.4 is 11.0 Å². The molecular weight excluding hydrogens is 354 g/mol. The molecule has 0 fully saturated rings. The lowest BCUT2D eigenvalue weighted by molar-refractivity contribution is -0.122. The van der Waals surface area contributed by atoms with E-state index in [1.54, 1.807) is 6.07 Å². The zero-order valence-corrected chi connectivity index (χ0v) is 15.4. The SMILES string of the molecule is Cc1cc2nn(CC(=O)NCc3ccccc3)c(=O)n2c(-c2ccccc2)n1. The highest BCUT2D eigenvalue weighted by Gasteiger charge is 2.16. The smallest absolute Gasteiger partial charge is 0.350 e. The predicted octanol–water partition coefficient (Wildman–Crippen LogP) is 2.18. The number of carbonyl (C=O) groups is 1. The van der Waals surface area contributed by atoms with Crippen LogP contribution in [0, 0.1) is 6.92 Å². The molecule has 0 saturated heterocycles. The number of hydrogen-bond acceptors (Lipinski definition) is 4. The summed E-state index contributed by atoms with van der Waals surface area (Å²) in [5.41, 5.74) is 2.62. The second kappa shape index (κ2) is 7.48. The zero-order chi connectivity index (χ0) is 19.5. The highest BCUT2D eigenvalue weighted by Crippen LogP contribution is 2.17. The molecule has 0 aliphatic heterocycles. The Bertz CT molecular complexity index is 1180. The molecule has 0 bridgehead atoms. The molecule has 2 aromatic heterocycles. The Morgan fingerprint density at radius 3 is 2.43 bits per heavy atom. The van der Waals surface area contributed by atoms with Crippen LogP contribution in [0.25, 0.3) is 17.0 Å². The van der Waals surface area contributed by atoms with Crippen LogP contribution in [0.15, 0.2) is 71.5 Å². The molecule has 1 N–H and O–H groups in total. The van der Waals surface area contributed by atoms with Crippen LogP contribution >= 0.6 is 0 Å². The van der Waals surface area contributed by atoms with Crippen LogP contribution in [0.4, 0.5) is 0 Å². The summed E-state index contributed by atoms with van der Waals surface area (Å²) in [5.74, 6) is 0.233. The quantitative estimate of drug-likeness (QED) is 0.581. The summed E-state index contributed by atoms with van der Waals surface area (Å²) in [5, 5.41) is 7.13. The van der Waals surface area contributed by atoms with Gasteiger partial charge in [0.15, 0.2) is 5.65 Å². The van der Waals surface area contributed by atoms with Crippen LogP contribution in [0.3, 0.4) is 0 Å². The van der Waals surface area contributed by atoms with Crippen molar-refractivity contribution in [2.45, 2.75) is 20.0 Å². The molecule has 0 aliphatic rings. The Labute approximate surface area is 161 Å². The Morgan fingerprint density at radius 2 is 1.71 bits per heavy atom. The molecule has 7 nitrogen and oxygen atoms in total. The number of aromatic nitrogens is 4. The zero-order valence-electron chi connectivity index (χ0n) is 15.4. The molecule has 0 saturated carbocycles. The first kappa shape index (κ1) is 17.7. The van der Waals surface area contributed by atoms with E-state index >= 15 is 0 Å². The van der Waals surface area contributed by atoms with Gasteiger partial charge in [0.25, 0.3) is 0 Å². The first-order valence-electron chi connectivity index (χ1n) is 8.95. The average Bonchev–Trinajstić information content (AvgIpc) is 3.02. The summed E-state index contributed by atoms with van der Waals surface area (Å²) >= 11 is 0. The minimum absolute atomic E-state index is 0.152. The number of carbonyl (C=O) groups excluding carboxylic acids is 1. The Morgan fingerprint density at radius 1 is 1.04 bits per heavy atom. The summed E-state index contributed by atoms with van der Waals surface area (Å²) in [6.45, 7) is 2.10. The van der Waals surface area contributed by atoms with Gasteiger partial charge in [0.05, 0.1) is 0 Å². The largest absolute Gasteiger partial charge is 0.352 e. The molecule has 1 amide bonds. The van der Waals surface area contributed by atoms with Crippen LogP contribution in [0.2, 0.25) is 0 Å². The van der Waals surface area contributed by atoms with Gasteiger partial charge in [-0.2, -0.15) is 0 Å². The maximum Gasteiger partial charge on any atom is 0.352 e. The predicted molar refractivity (Wildman–Crippen MR) is 106 cm³/mol. The highest BCUT2D eigenvalue weighted by molar-refractivity contribution is 5.75. The topological polar surface area (TPSA) is 81.3 Å². The maximum absolute atomic E-state index is 12.9. The van der Waals surface area contributed by atoms with Gasteiger partial charge in [-0.25, -0.2) is 18.9 Å². The van der Waals surface area contributed by atoms with Crippen molar-refractivity contribution in [2.75, 3.05) is 0 Å². The van der Waals surface area contributed by atoms with E-state index < -0.39 is 5.69 Å². The minimum atomic E-state index is -0.392. The van der Waals surface area contributed by atoms with Crippen molar-refractivity contribution < 1.29 is 4.79 Å². The Kier molecular flexibility index (Phi) is 4.72. The number of rotatable bonds is 5. The number of hydrogen-bond donors (Lipinski definition) is 1. The standard InChI is InChI=1S/C21H19N5O2/c1-15-12-18-24-25(14-19(27)22-13-16-8-4-2-5-9-16)21(28)26(18)20(23-15)17-10-6-3-7-11-17/h2-12H,13-14H2,1H3,(H,22,27). The van der Waals surface area contributed by atoms with E-state index in [-0.39, 0.29) is 12.5 Å². The van der Waals surface area contributed by atoms with Crippen LogP contribution in [-0.2, 0) is 17.9 Å². The van der Waals surface area contributed by atoms with E-state index in [2.05, 4.69) is 15.4 Å². The molecule has 4 rings (SSSR count). The average molecular weight is 373 g/mol. The third kappa shape index (κ3) is 3.55. The molecule has 7 heteroatoms. The molecule has 140 valence electrons. The molecule has 0 radical (unpaired) electrons. The van der Waals surface area contributed by atoms with Crippen LogP contribution in [0.5, 0.6) is 0 Å². The van der Waals surface area contributed by atoms with Gasteiger partial charge in [0.2, 0.25) is 5.91 Å². The molecule has 0 atom stereocenters. The third-order valence-corrected chi connectivity index (χ3v) is 4.35. The van der Waals surface area contributed by atoms with Gasteiger partial charge in [-0.1, -0.05) is 60.7 Å². The minimum Gasteiger partial charge on any atom is -0.350 e. The second-order valence-electron chi connectivity index (χ2n) is 6.48. The van der Waals surface area contributed by atoms with Gasteiger partial charge >= 0.3 is 5.69 Å². The van der Waals surface area contributed by atoms with Crippen molar-refractivity contribution in [1.29, 1.82) is 0 Å². The van der Waals surface area contributed by atoms with Crippen molar-refractivity contribution in [1.82, 2.24) is 24.5 Å². The molecule has 0 spiro atoms. The number of amides is 1. The normalized spacial score (nSPS) is 10.9. The van der Waals surface area contributed by atoms with Crippen molar-refractivity contribution in [3.8, 4) is 11.4 Å². The summed E-state index contributed by atoms with van der Waals surface area (Å²) in [6.07, 6.45) is 0. The van der Waals surface area contributed by atoms with Gasteiger partial charge in [-0.15, -0.1) is 5.10 Å². The van der Waals surface area contributed by atoms with Crippen LogP contribution in [-0.4, -0.2) is 25.1 Å². The molecule has 2 aromatic carbocycles. The lowest BCUT2D eigenvalue weighted by Crippen LogP contribution is -2.32. The number of fused-ring (bicyclic) bond motifs is 1. The fourth-order valence-electron chi connectivity index (χ4n) is 3.03. The molecule has 0 unspecified atom stereocenters. The van der Waals surface area contributed by atoms with E-state index in [1.807, 2.05) is 67.6 Å². The van der Waals surface area contributed by atoms with Crippen molar-refractivity contribution in [3.63, 3.8) is 0 Å².